The summed E-state index contributed by atoms with van der Waals surface area (Å²) in [7, 11) is 0. The van der Waals surface area contributed by atoms with Crippen molar-refractivity contribution in [1.29, 1.82) is 0 Å². The van der Waals surface area contributed by atoms with Crippen molar-refractivity contribution >= 4 is 5.97 Å². The van der Waals surface area contributed by atoms with Crippen LogP contribution in [0.4, 0.5) is 0 Å². The van der Waals surface area contributed by atoms with Crippen molar-refractivity contribution in [2.24, 2.45) is 5.92 Å². The van der Waals surface area contributed by atoms with Gasteiger partial charge >= 0.3 is 5.97 Å². The number of unbranched alkanes of at least 4 members (excludes halogenated alkanes) is 7. The second-order valence-electron chi connectivity index (χ2n) is 8.91. The Labute approximate surface area is 200 Å². The van der Waals surface area contributed by atoms with E-state index in [2.05, 4.69) is 20.8 Å². The summed E-state index contributed by atoms with van der Waals surface area (Å²) in [5, 5.41) is 0. The molecule has 33 heavy (non-hydrogen) atoms. The van der Waals surface area contributed by atoms with Crippen molar-refractivity contribution in [3.63, 3.8) is 0 Å². The first-order valence-electron chi connectivity index (χ1n) is 12.7. The Hall–Kier alpha value is -2.33. The molecule has 0 aliphatic rings. The van der Waals surface area contributed by atoms with Gasteiger partial charge in [-0.05, 0) is 54.3 Å². The van der Waals surface area contributed by atoms with Crippen LogP contribution in [-0.4, -0.2) is 19.2 Å². The Balaban J connectivity index is 1.65. The van der Waals surface area contributed by atoms with Crippen LogP contribution in [-0.2, 0) is 11.3 Å². The highest BCUT2D eigenvalue weighted by molar-refractivity contribution is 5.91. The van der Waals surface area contributed by atoms with Crippen molar-refractivity contribution < 1.29 is 19.0 Å². The van der Waals surface area contributed by atoms with Crippen LogP contribution in [0.15, 0.2) is 48.5 Å². The Morgan fingerprint density at radius 3 is 2.03 bits per heavy atom. The summed E-state index contributed by atoms with van der Waals surface area (Å²) < 4.78 is 17.0. The van der Waals surface area contributed by atoms with E-state index in [1.807, 2.05) is 24.3 Å². The lowest BCUT2D eigenvalue weighted by Crippen LogP contribution is -2.09. The number of carbonyl (C=O) groups is 1. The molecule has 0 unspecified atom stereocenters. The average Bonchev–Trinajstić information content (AvgIpc) is 2.84. The molecule has 0 spiro atoms. The van der Waals surface area contributed by atoms with Gasteiger partial charge in [0.2, 0.25) is 0 Å². The van der Waals surface area contributed by atoms with Gasteiger partial charge in [-0.15, -0.1) is 0 Å². The molecule has 0 aromatic heterocycles. The molecule has 0 aliphatic heterocycles. The Kier molecular flexibility index (Phi) is 13.3. The van der Waals surface area contributed by atoms with Gasteiger partial charge in [0.1, 0.15) is 11.5 Å². The summed E-state index contributed by atoms with van der Waals surface area (Å²) in [4.78, 5) is 12.4. The smallest absolute Gasteiger partial charge is 0.343 e. The molecule has 0 bridgehead atoms. The fraction of sp³-hybridized carbons (Fsp3) is 0.552. The van der Waals surface area contributed by atoms with Gasteiger partial charge in [0.25, 0.3) is 0 Å². The normalized spacial score (nSPS) is 11.8. The summed E-state index contributed by atoms with van der Waals surface area (Å²) in [5.74, 6) is 1.51. The standard InChI is InChI=1S/C29H42O4/c1-4-6-7-8-9-10-11-12-21-32-27-17-19-28(20-18-27)33-29(30)26-15-13-25(14-16-26)23-31-22-24(3)5-2/h13-20,24H,4-12,21-23H2,1-3H3/t24-/m0/s1. The highest BCUT2D eigenvalue weighted by Gasteiger charge is 2.09. The molecular weight excluding hydrogens is 412 g/mol. The number of esters is 1. The van der Waals surface area contributed by atoms with Crippen LogP contribution in [0, 0.1) is 5.92 Å². The Morgan fingerprint density at radius 2 is 1.39 bits per heavy atom. The van der Waals surface area contributed by atoms with Crippen molar-refractivity contribution in [3.8, 4) is 11.5 Å². The summed E-state index contributed by atoms with van der Waals surface area (Å²) >= 11 is 0. The number of ether oxygens (including phenoxy) is 3. The average molecular weight is 455 g/mol. The van der Waals surface area contributed by atoms with E-state index in [1.165, 1.54) is 44.9 Å². The summed E-state index contributed by atoms with van der Waals surface area (Å²) in [6.07, 6.45) is 11.4. The predicted octanol–water partition coefficient (Wildman–Crippen LogP) is 7.99. The first-order valence-corrected chi connectivity index (χ1v) is 12.7. The second-order valence-corrected chi connectivity index (χ2v) is 8.91. The molecule has 0 saturated carbocycles. The third kappa shape index (κ3) is 11.4. The molecule has 0 fully saturated rings. The van der Waals surface area contributed by atoms with Crippen molar-refractivity contribution in [1.82, 2.24) is 0 Å². The molecule has 4 nitrogen and oxygen atoms in total. The number of rotatable bonds is 17. The van der Waals surface area contributed by atoms with Crippen LogP contribution in [0.2, 0.25) is 0 Å². The van der Waals surface area contributed by atoms with Crippen LogP contribution < -0.4 is 9.47 Å². The SMILES string of the molecule is CCCCCCCCCCOc1ccc(OC(=O)c2ccc(COC[C@@H](C)CC)cc2)cc1. The molecule has 182 valence electrons. The lowest BCUT2D eigenvalue weighted by molar-refractivity contribution is 0.0734. The zero-order chi connectivity index (χ0) is 23.7. The molecule has 0 amide bonds. The van der Waals surface area contributed by atoms with Crippen molar-refractivity contribution in [3.05, 3.63) is 59.7 Å². The number of hydrogen-bond acceptors (Lipinski definition) is 4. The lowest BCUT2D eigenvalue weighted by Gasteiger charge is -2.10. The molecule has 0 aliphatic carbocycles. The molecule has 2 aromatic carbocycles. The zero-order valence-corrected chi connectivity index (χ0v) is 20.8. The van der Waals surface area contributed by atoms with E-state index in [4.69, 9.17) is 14.2 Å². The van der Waals surface area contributed by atoms with Gasteiger partial charge < -0.3 is 14.2 Å². The molecule has 0 heterocycles. The van der Waals surface area contributed by atoms with Crippen molar-refractivity contribution in [2.45, 2.75) is 85.2 Å². The number of benzene rings is 2. The van der Waals surface area contributed by atoms with Crippen molar-refractivity contribution in [2.75, 3.05) is 13.2 Å². The van der Waals surface area contributed by atoms with Crippen LogP contribution in [0.1, 0.15) is 94.5 Å². The maximum absolute atomic E-state index is 12.4. The predicted molar refractivity (Wildman–Crippen MR) is 135 cm³/mol. The minimum absolute atomic E-state index is 0.366. The quantitative estimate of drug-likeness (QED) is 0.138. The highest BCUT2D eigenvalue weighted by atomic mass is 16.5. The molecule has 2 aromatic rings. The maximum Gasteiger partial charge on any atom is 0.343 e. The summed E-state index contributed by atoms with van der Waals surface area (Å²) in [5.41, 5.74) is 1.57. The van der Waals surface area contributed by atoms with Gasteiger partial charge in [-0.25, -0.2) is 4.79 Å². The molecule has 1 atom stereocenters. The molecule has 4 heteroatoms. The Morgan fingerprint density at radius 1 is 0.788 bits per heavy atom. The van der Waals surface area contributed by atoms with E-state index in [0.29, 0.717) is 23.8 Å². The van der Waals surface area contributed by atoms with Crippen LogP contribution in [0.5, 0.6) is 11.5 Å². The topological polar surface area (TPSA) is 44.8 Å². The van der Waals surface area contributed by atoms with E-state index < -0.39 is 0 Å². The first-order chi connectivity index (χ1) is 16.1. The highest BCUT2D eigenvalue weighted by Crippen LogP contribution is 2.20. The minimum Gasteiger partial charge on any atom is -0.494 e. The van der Waals surface area contributed by atoms with Gasteiger partial charge in [-0.3, -0.25) is 0 Å². The van der Waals surface area contributed by atoms with Gasteiger partial charge in [0.15, 0.2) is 0 Å². The molecule has 2 rings (SSSR count). The van der Waals surface area contributed by atoms with E-state index in [-0.39, 0.29) is 5.97 Å². The summed E-state index contributed by atoms with van der Waals surface area (Å²) in [6.45, 7) is 8.61. The van der Waals surface area contributed by atoms with Crippen LogP contribution in [0.25, 0.3) is 0 Å². The molecule has 0 radical (unpaired) electrons. The van der Waals surface area contributed by atoms with E-state index in [9.17, 15) is 4.79 Å². The van der Waals surface area contributed by atoms with Gasteiger partial charge in [-0.1, -0.05) is 84.3 Å². The largest absolute Gasteiger partial charge is 0.494 e. The van der Waals surface area contributed by atoms with Gasteiger partial charge in [0.05, 0.1) is 18.8 Å². The van der Waals surface area contributed by atoms with E-state index >= 15 is 0 Å². The fourth-order valence-corrected chi connectivity index (χ4v) is 3.43. The molecule has 0 saturated heterocycles. The Bertz CT molecular complexity index is 767. The molecular formula is C29H42O4. The second kappa shape index (κ2) is 16.3. The maximum atomic E-state index is 12.4. The number of hydrogen-bond donors (Lipinski definition) is 0. The van der Waals surface area contributed by atoms with E-state index in [1.54, 1.807) is 24.3 Å². The van der Waals surface area contributed by atoms with Gasteiger partial charge in [-0.2, -0.15) is 0 Å². The van der Waals surface area contributed by atoms with E-state index in [0.717, 1.165) is 37.4 Å². The van der Waals surface area contributed by atoms with Gasteiger partial charge in [0, 0.05) is 6.61 Å². The van der Waals surface area contributed by atoms with Crippen LogP contribution >= 0.6 is 0 Å². The minimum atomic E-state index is -0.366. The fourth-order valence-electron chi connectivity index (χ4n) is 3.43. The zero-order valence-electron chi connectivity index (χ0n) is 20.8. The number of carbonyl (C=O) groups excluding carboxylic acids is 1. The third-order valence-corrected chi connectivity index (χ3v) is 5.86. The first kappa shape index (κ1) is 26.9. The van der Waals surface area contributed by atoms with Crippen LogP contribution in [0.3, 0.4) is 0 Å². The summed E-state index contributed by atoms with van der Waals surface area (Å²) in [6, 6.07) is 14.6. The lowest BCUT2D eigenvalue weighted by atomic mass is 10.1. The third-order valence-electron chi connectivity index (χ3n) is 5.86. The monoisotopic (exact) mass is 454 g/mol. The molecule has 0 N–H and O–H groups in total.